The maximum absolute atomic E-state index is 5.55. The topological polar surface area (TPSA) is 62.5 Å². The average molecular weight is 294 g/mol. The number of hydrogen-bond donors (Lipinski definition) is 2. The van der Waals surface area contributed by atoms with Gasteiger partial charge in [0.25, 0.3) is 0 Å². The fourth-order valence-corrected chi connectivity index (χ4v) is 2.18. The van der Waals surface area contributed by atoms with Crippen molar-refractivity contribution < 1.29 is 4.42 Å². The fourth-order valence-electron chi connectivity index (χ4n) is 2.18. The zero-order chi connectivity index (χ0) is 15.7. The molecule has 0 aliphatic rings. The van der Waals surface area contributed by atoms with Crippen LogP contribution in [0, 0.1) is 19.8 Å². The minimum atomic E-state index is 0.556. The van der Waals surface area contributed by atoms with Gasteiger partial charge < -0.3 is 15.1 Å². The van der Waals surface area contributed by atoms with Crippen molar-refractivity contribution in [2.75, 3.05) is 13.6 Å². The van der Waals surface area contributed by atoms with Crippen LogP contribution in [0.25, 0.3) is 0 Å². The Kier molecular flexibility index (Phi) is 7.87. The van der Waals surface area contributed by atoms with E-state index in [4.69, 9.17) is 4.42 Å². The summed E-state index contributed by atoms with van der Waals surface area (Å²) >= 11 is 0. The molecule has 2 N–H and O–H groups in total. The lowest BCUT2D eigenvalue weighted by atomic mass is 9.99. The number of unbranched alkanes of at least 4 members (excludes halogenated alkanes) is 1. The van der Waals surface area contributed by atoms with E-state index in [1.165, 1.54) is 25.7 Å². The molecule has 0 aromatic carbocycles. The number of hydrogen-bond acceptors (Lipinski definition) is 3. The van der Waals surface area contributed by atoms with Crippen LogP contribution in [0.5, 0.6) is 0 Å². The number of nitrogens with zero attached hydrogens (tertiary/aromatic N) is 2. The van der Waals surface area contributed by atoms with Crippen LogP contribution in [0.15, 0.2) is 9.41 Å². The third-order valence-electron chi connectivity index (χ3n) is 3.80. The molecular weight excluding hydrogens is 264 g/mol. The van der Waals surface area contributed by atoms with Crippen molar-refractivity contribution in [2.45, 2.75) is 59.9 Å². The van der Waals surface area contributed by atoms with E-state index in [0.29, 0.717) is 18.4 Å². The van der Waals surface area contributed by atoms with E-state index in [1.54, 1.807) is 7.05 Å². The van der Waals surface area contributed by atoms with Gasteiger partial charge in [0.1, 0.15) is 5.76 Å². The molecule has 0 fully saturated rings. The third kappa shape index (κ3) is 6.19. The Morgan fingerprint density at radius 2 is 2.05 bits per heavy atom. The molecule has 1 rings (SSSR count). The molecule has 1 atom stereocenters. The van der Waals surface area contributed by atoms with Gasteiger partial charge >= 0.3 is 0 Å². The van der Waals surface area contributed by atoms with Crippen molar-refractivity contribution >= 4 is 5.96 Å². The average Bonchev–Trinajstić information content (AvgIpc) is 2.81. The Morgan fingerprint density at radius 1 is 1.29 bits per heavy atom. The predicted molar refractivity (Wildman–Crippen MR) is 87.5 cm³/mol. The summed E-state index contributed by atoms with van der Waals surface area (Å²) in [6, 6.07) is 0. The molecule has 0 aliphatic carbocycles. The van der Waals surface area contributed by atoms with E-state index in [2.05, 4.69) is 34.5 Å². The summed E-state index contributed by atoms with van der Waals surface area (Å²) in [6.45, 7) is 9.88. The van der Waals surface area contributed by atoms with Gasteiger partial charge in [-0.15, -0.1) is 0 Å². The number of oxazole rings is 1. The molecule has 5 heteroatoms. The lowest BCUT2D eigenvalue weighted by molar-refractivity contribution is 0.440. The quantitative estimate of drug-likeness (QED) is 0.571. The highest BCUT2D eigenvalue weighted by molar-refractivity contribution is 5.79. The highest BCUT2D eigenvalue weighted by atomic mass is 16.4. The van der Waals surface area contributed by atoms with Crippen LogP contribution >= 0.6 is 0 Å². The molecule has 0 amide bonds. The molecule has 0 saturated carbocycles. The van der Waals surface area contributed by atoms with Crippen molar-refractivity contribution in [2.24, 2.45) is 10.9 Å². The second-order valence-corrected chi connectivity index (χ2v) is 5.47. The second-order valence-electron chi connectivity index (χ2n) is 5.47. The van der Waals surface area contributed by atoms with E-state index >= 15 is 0 Å². The Bertz CT molecular complexity index is 420. The third-order valence-corrected chi connectivity index (χ3v) is 3.80. The van der Waals surface area contributed by atoms with E-state index in [1.807, 2.05) is 13.8 Å². The summed E-state index contributed by atoms with van der Waals surface area (Å²) in [5, 5.41) is 6.63. The van der Waals surface area contributed by atoms with Crippen molar-refractivity contribution in [3.05, 3.63) is 17.3 Å². The molecule has 120 valence electrons. The van der Waals surface area contributed by atoms with Gasteiger partial charge in [-0.1, -0.05) is 33.1 Å². The van der Waals surface area contributed by atoms with Crippen molar-refractivity contribution in [3.8, 4) is 0 Å². The lowest BCUT2D eigenvalue weighted by Crippen LogP contribution is -2.39. The molecule has 1 aromatic rings. The molecule has 0 spiro atoms. The molecule has 1 aromatic heterocycles. The predicted octanol–water partition coefficient (Wildman–Crippen LogP) is 3.17. The number of guanidine groups is 1. The first-order chi connectivity index (χ1) is 10.1. The molecule has 21 heavy (non-hydrogen) atoms. The highest BCUT2D eigenvalue weighted by Crippen LogP contribution is 2.11. The Balaban J connectivity index is 2.37. The zero-order valence-electron chi connectivity index (χ0n) is 14.1. The Morgan fingerprint density at radius 3 is 2.57 bits per heavy atom. The first kappa shape index (κ1) is 17.5. The zero-order valence-corrected chi connectivity index (χ0v) is 14.1. The number of rotatable bonds is 8. The summed E-state index contributed by atoms with van der Waals surface area (Å²) in [5.74, 6) is 3.08. The fraction of sp³-hybridized carbons (Fsp3) is 0.750. The maximum atomic E-state index is 5.55. The molecule has 0 saturated heterocycles. The van der Waals surface area contributed by atoms with Gasteiger partial charge in [-0.25, -0.2) is 4.98 Å². The number of aromatic nitrogens is 1. The van der Waals surface area contributed by atoms with Crippen molar-refractivity contribution in [1.82, 2.24) is 15.6 Å². The SMILES string of the molecule is CCCCC(CC)CNC(=NC)NCc1nc(C)c(C)o1. The summed E-state index contributed by atoms with van der Waals surface area (Å²) in [7, 11) is 1.79. The molecule has 0 bridgehead atoms. The second kappa shape index (κ2) is 9.42. The lowest BCUT2D eigenvalue weighted by Gasteiger charge is -2.17. The van der Waals surface area contributed by atoms with Gasteiger partial charge in [0.2, 0.25) is 5.89 Å². The molecule has 1 heterocycles. The number of aryl methyl sites for hydroxylation is 2. The van der Waals surface area contributed by atoms with Crippen LogP contribution in [-0.4, -0.2) is 24.5 Å². The van der Waals surface area contributed by atoms with E-state index in [-0.39, 0.29) is 0 Å². The largest absolute Gasteiger partial charge is 0.444 e. The maximum Gasteiger partial charge on any atom is 0.214 e. The minimum absolute atomic E-state index is 0.556. The summed E-state index contributed by atoms with van der Waals surface area (Å²) in [4.78, 5) is 8.60. The molecular formula is C16H30N4O. The van der Waals surface area contributed by atoms with Gasteiger partial charge in [0, 0.05) is 13.6 Å². The first-order valence-electron chi connectivity index (χ1n) is 7.98. The number of nitrogens with one attached hydrogen (secondary N) is 2. The summed E-state index contributed by atoms with van der Waals surface area (Å²) in [5.41, 5.74) is 0.945. The summed E-state index contributed by atoms with van der Waals surface area (Å²) < 4.78 is 5.55. The minimum Gasteiger partial charge on any atom is -0.444 e. The van der Waals surface area contributed by atoms with E-state index in [9.17, 15) is 0 Å². The normalized spacial score (nSPS) is 13.3. The van der Waals surface area contributed by atoms with Crippen LogP contribution < -0.4 is 10.6 Å². The molecule has 0 aliphatic heterocycles. The summed E-state index contributed by atoms with van der Waals surface area (Å²) in [6.07, 6.45) is 5.02. The molecule has 5 nitrogen and oxygen atoms in total. The van der Waals surface area contributed by atoms with Crippen LogP contribution in [0.2, 0.25) is 0 Å². The van der Waals surface area contributed by atoms with E-state index < -0.39 is 0 Å². The first-order valence-corrected chi connectivity index (χ1v) is 7.98. The number of aliphatic imine (C=N–C) groups is 1. The monoisotopic (exact) mass is 294 g/mol. The van der Waals surface area contributed by atoms with Crippen molar-refractivity contribution in [3.63, 3.8) is 0 Å². The van der Waals surface area contributed by atoms with Crippen LogP contribution in [-0.2, 0) is 6.54 Å². The molecule has 0 radical (unpaired) electrons. The van der Waals surface area contributed by atoms with Crippen LogP contribution in [0.1, 0.15) is 56.9 Å². The standard InChI is InChI=1S/C16H30N4O/c1-6-8-9-14(7-2)10-18-16(17-5)19-11-15-20-12(3)13(4)21-15/h14H,6-11H2,1-5H3,(H2,17,18,19). The van der Waals surface area contributed by atoms with Gasteiger partial charge in [-0.2, -0.15) is 0 Å². The Labute approximate surface area is 128 Å². The van der Waals surface area contributed by atoms with E-state index in [0.717, 1.165) is 24.0 Å². The Hall–Kier alpha value is -1.52. The van der Waals surface area contributed by atoms with Gasteiger partial charge in [-0.3, -0.25) is 4.99 Å². The van der Waals surface area contributed by atoms with Crippen molar-refractivity contribution in [1.29, 1.82) is 0 Å². The van der Waals surface area contributed by atoms with Gasteiger partial charge in [-0.05, 0) is 26.2 Å². The van der Waals surface area contributed by atoms with Crippen LogP contribution in [0.3, 0.4) is 0 Å². The highest BCUT2D eigenvalue weighted by Gasteiger charge is 2.09. The molecule has 1 unspecified atom stereocenters. The smallest absolute Gasteiger partial charge is 0.214 e. The van der Waals surface area contributed by atoms with Gasteiger partial charge in [0.15, 0.2) is 5.96 Å². The van der Waals surface area contributed by atoms with Gasteiger partial charge in [0.05, 0.1) is 12.2 Å². The van der Waals surface area contributed by atoms with Crippen LogP contribution in [0.4, 0.5) is 0 Å².